The van der Waals surface area contributed by atoms with Crippen LogP contribution in [0.2, 0.25) is 5.15 Å². The van der Waals surface area contributed by atoms with E-state index < -0.39 is 0 Å². The number of rotatable bonds is 3. The number of hydrogen-bond donors (Lipinski definition) is 0. The van der Waals surface area contributed by atoms with Gasteiger partial charge in [-0.2, -0.15) is 15.1 Å². The molecule has 0 aliphatic heterocycles. The fourth-order valence-electron chi connectivity index (χ4n) is 2.13. The van der Waals surface area contributed by atoms with E-state index in [0.717, 1.165) is 17.7 Å². The van der Waals surface area contributed by atoms with Crippen molar-refractivity contribution in [3.05, 3.63) is 52.6 Å². The summed E-state index contributed by atoms with van der Waals surface area (Å²) in [5, 5.41) is 4.67. The Balaban J connectivity index is 2.00. The van der Waals surface area contributed by atoms with E-state index in [2.05, 4.69) is 45.6 Å². The Kier molecular flexibility index (Phi) is 3.63. The Labute approximate surface area is 126 Å². The number of aryl methyl sites for hydroxylation is 1. The topological polar surface area (TPSA) is 43.1 Å². The molecule has 102 valence electrons. The van der Waals surface area contributed by atoms with Crippen LogP contribution in [0.15, 0.2) is 35.5 Å². The first-order valence-corrected chi connectivity index (χ1v) is 7.77. The lowest BCUT2D eigenvalue weighted by Crippen LogP contribution is -2.04. The van der Waals surface area contributed by atoms with Crippen LogP contribution in [0.4, 0.5) is 0 Å². The van der Waals surface area contributed by atoms with E-state index in [0.29, 0.717) is 10.9 Å². The van der Waals surface area contributed by atoms with Gasteiger partial charge in [-0.3, -0.25) is 0 Å². The largest absolute Gasteiger partial charge is 0.253 e. The van der Waals surface area contributed by atoms with Gasteiger partial charge in [-0.1, -0.05) is 23.7 Å². The molecule has 3 rings (SSSR count). The number of thioether (sulfide) groups is 1. The Morgan fingerprint density at radius 1 is 1.25 bits per heavy atom. The molecule has 0 fully saturated rings. The smallest absolute Gasteiger partial charge is 0.201 e. The van der Waals surface area contributed by atoms with E-state index in [-0.39, 0.29) is 0 Å². The highest BCUT2D eigenvalue weighted by Crippen LogP contribution is 2.23. The van der Waals surface area contributed by atoms with Crippen LogP contribution in [0.25, 0.3) is 5.78 Å². The fourth-order valence-corrected chi connectivity index (χ4v) is 2.82. The Bertz CT molecular complexity index is 752. The maximum absolute atomic E-state index is 6.28. The molecule has 1 aromatic carbocycles. The van der Waals surface area contributed by atoms with E-state index in [1.807, 2.05) is 6.92 Å². The van der Waals surface area contributed by atoms with Crippen molar-refractivity contribution in [1.82, 2.24) is 19.6 Å². The van der Waals surface area contributed by atoms with Gasteiger partial charge >= 0.3 is 0 Å². The van der Waals surface area contributed by atoms with Gasteiger partial charge in [-0.25, -0.2) is 4.52 Å². The fraction of sp³-hybridized carbons (Fsp3) is 0.214. The van der Waals surface area contributed by atoms with Gasteiger partial charge in [0.15, 0.2) is 0 Å². The van der Waals surface area contributed by atoms with Crippen LogP contribution in [-0.2, 0) is 6.42 Å². The van der Waals surface area contributed by atoms with Crippen molar-refractivity contribution in [3.63, 3.8) is 0 Å². The first-order valence-electron chi connectivity index (χ1n) is 6.16. The van der Waals surface area contributed by atoms with Crippen molar-refractivity contribution in [3.8, 4) is 0 Å². The summed E-state index contributed by atoms with van der Waals surface area (Å²) < 4.78 is 1.72. The number of halogens is 1. The van der Waals surface area contributed by atoms with Crippen LogP contribution in [0, 0.1) is 6.92 Å². The molecule has 0 bridgehead atoms. The summed E-state index contributed by atoms with van der Waals surface area (Å²) in [5.74, 6) is 0.536. The average molecular weight is 305 g/mol. The molecular weight excluding hydrogens is 292 g/mol. The Hall–Kier alpha value is -1.59. The van der Waals surface area contributed by atoms with Crippen molar-refractivity contribution in [1.29, 1.82) is 0 Å². The zero-order valence-electron chi connectivity index (χ0n) is 11.2. The minimum Gasteiger partial charge on any atom is -0.201 e. The molecule has 6 heteroatoms. The number of aromatic nitrogens is 4. The molecule has 0 radical (unpaired) electrons. The highest BCUT2D eigenvalue weighted by molar-refractivity contribution is 7.98. The quantitative estimate of drug-likeness (QED) is 0.549. The predicted octanol–water partition coefficient (Wildman–Crippen LogP) is 3.40. The summed E-state index contributed by atoms with van der Waals surface area (Å²) in [5.41, 5.74) is 3.17. The molecule has 4 nitrogen and oxygen atoms in total. The molecule has 0 saturated carbocycles. The molecule has 20 heavy (non-hydrogen) atoms. The second kappa shape index (κ2) is 5.42. The normalized spacial score (nSPS) is 11.2. The summed E-state index contributed by atoms with van der Waals surface area (Å²) in [6.45, 7) is 1.99. The van der Waals surface area contributed by atoms with Crippen LogP contribution in [0.1, 0.15) is 16.8 Å². The highest BCUT2D eigenvalue weighted by atomic mass is 35.5. The summed E-state index contributed by atoms with van der Waals surface area (Å²) >= 11 is 8.01. The van der Waals surface area contributed by atoms with Crippen LogP contribution in [0.3, 0.4) is 0 Å². The van der Waals surface area contributed by atoms with E-state index in [4.69, 9.17) is 11.6 Å². The molecule has 0 spiro atoms. The molecular formula is C14H13ClN4S. The monoisotopic (exact) mass is 304 g/mol. The highest BCUT2D eigenvalue weighted by Gasteiger charge is 2.12. The predicted molar refractivity (Wildman–Crippen MR) is 81.6 cm³/mol. The average Bonchev–Trinajstić information content (AvgIpc) is 2.92. The van der Waals surface area contributed by atoms with Crippen LogP contribution in [0.5, 0.6) is 0 Å². The molecule has 2 aromatic heterocycles. The summed E-state index contributed by atoms with van der Waals surface area (Å²) in [4.78, 5) is 9.59. The van der Waals surface area contributed by atoms with Gasteiger partial charge in [0.2, 0.25) is 0 Å². The van der Waals surface area contributed by atoms with E-state index in [1.165, 1.54) is 16.8 Å². The third-order valence-corrected chi connectivity index (χ3v) is 4.33. The van der Waals surface area contributed by atoms with Gasteiger partial charge < -0.3 is 0 Å². The zero-order valence-corrected chi connectivity index (χ0v) is 12.7. The molecule has 0 aliphatic carbocycles. The van der Waals surface area contributed by atoms with Crippen molar-refractivity contribution in [2.24, 2.45) is 0 Å². The molecule has 0 aliphatic rings. The summed E-state index contributed by atoms with van der Waals surface area (Å²) in [7, 11) is 0. The van der Waals surface area contributed by atoms with Gasteiger partial charge in [0.05, 0.1) is 0 Å². The van der Waals surface area contributed by atoms with Gasteiger partial charge in [-0.05, 0) is 30.9 Å². The summed E-state index contributed by atoms with van der Waals surface area (Å²) in [6, 6.07) is 8.47. The lowest BCUT2D eigenvalue weighted by atomic mass is 10.1. The minimum atomic E-state index is 0.497. The first-order chi connectivity index (χ1) is 9.69. The third-order valence-electron chi connectivity index (χ3n) is 3.27. The second-order valence-electron chi connectivity index (χ2n) is 4.46. The minimum absolute atomic E-state index is 0.497. The van der Waals surface area contributed by atoms with Gasteiger partial charge in [0.25, 0.3) is 5.78 Å². The zero-order chi connectivity index (χ0) is 14.1. The molecule has 0 unspecified atom stereocenters. The molecule has 0 saturated heterocycles. The van der Waals surface area contributed by atoms with E-state index in [9.17, 15) is 0 Å². The van der Waals surface area contributed by atoms with Crippen molar-refractivity contribution in [2.45, 2.75) is 18.2 Å². The number of benzene rings is 1. The molecule has 3 aromatic rings. The van der Waals surface area contributed by atoms with Gasteiger partial charge in [0.1, 0.15) is 11.5 Å². The van der Waals surface area contributed by atoms with Crippen LogP contribution >= 0.6 is 23.4 Å². The van der Waals surface area contributed by atoms with E-state index in [1.54, 1.807) is 16.3 Å². The van der Waals surface area contributed by atoms with Crippen molar-refractivity contribution >= 4 is 29.1 Å². The SMILES string of the molecule is CSc1ccc(Cc2c(Cl)nc3ncnn3c2C)cc1. The number of nitrogens with zero attached hydrogens (tertiary/aromatic N) is 4. The third kappa shape index (κ3) is 2.39. The van der Waals surface area contributed by atoms with Crippen LogP contribution < -0.4 is 0 Å². The summed E-state index contributed by atoms with van der Waals surface area (Å²) in [6.07, 6.45) is 4.30. The Morgan fingerprint density at radius 3 is 2.70 bits per heavy atom. The molecule has 0 amide bonds. The molecule has 2 heterocycles. The second-order valence-corrected chi connectivity index (χ2v) is 5.70. The maximum atomic E-state index is 6.28. The van der Waals surface area contributed by atoms with Gasteiger partial charge in [-0.15, -0.1) is 11.8 Å². The van der Waals surface area contributed by atoms with E-state index >= 15 is 0 Å². The van der Waals surface area contributed by atoms with Crippen molar-refractivity contribution in [2.75, 3.05) is 6.26 Å². The maximum Gasteiger partial charge on any atom is 0.253 e. The molecule has 0 N–H and O–H groups in total. The standard InChI is InChI=1S/C14H13ClN4S/c1-9-12(7-10-3-5-11(20-2)6-4-10)13(15)18-14-16-8-17-19(9)14/h3-6,8H,7H2,1-2H3. The number of fused-ring (bicyclic) bond motifs is 1. The lowest BCUT2D eigenvalue weighted by Gasteiger charge is -2.09. The van der Waals surface area contributed by atoms with Crippen LogP contribution in [-0.4, -0.2) is 25.8 Å². The molecule has 0 atom stereocenters. The Morgan fingerprint density at radius 2 is 2.00 bits per heavy atom. The lowest BCUT2D eigenvalue weighted by molar-refractivity contribution is 0.869. The van der Waals surface area contributed by atoms with Gasteiger partial charge in [0, 0.05) is 22.6 Å². The first kappa shape index (κ1) is 13.4. The van der Waals surface area contributed by atoms with Crippen molar-refractivity contribution < 1.29 is 0 Å². The number of hydrogen-bond acceptors (Lipinski definition) is 4.